The van der Waals surface area contributed by atoms with Crippen LogP contribution in [0.2, 0.25) is 10.0 Å². The maximum absolute atomic E-state index is 12.2. The highest BCUT2D eigenvalue weighted by Gasteiger charge is 2.21. The highest BCUT2D eigenvalue weighted by atomic mass is 35.5. The minimum Gasteiger partial charge on any atom is -0.380 e. The molecule has 0 aliphatic rings. The third-order valence-electron chi connectivity index (χ3n) is 4.48. The first-order chi connectivity index (χ1) is 14.7. The number of rotatable bonds is 6. The highest BCUT2D eigenvalue weighted by Crippen LogP contribution is 2.23. The van der Waals surface area contributed by atoms with E-state index in [4.69, 9.17) is 33.8 Å². The molecule has 0 saturated heterocycles. The quantitative estimate of drug-likeness (QED) is 0.192. The number of halogens is 2. The van der Waals surface area contributed by atoms with Crippen LogP contribution in [0.5, 0.6) is 0 Å². The van der Waals surface area contributed by atoms with E-state index in [1.807, 2.05) is 0 Å². The van der Waals surface area contributed by atoms with E-state index in [1.54, 1.807) is 54.9 Å². The summed E-state index contributed by atoms with van der Waals surface area (Å²) in [4.78, 5) is 27.8. The Labute approximate surface area is 187 Å². The second-order valence-electron chi connectivity index (χ2n) is 6.61. The van der Waals surface area contributed by atoms with E-state index >= 15 is 0 Å². The zero-order valence-corrected chi connectivity index (χ0v) is 18.0. The molecule has 3 aromatic rings. The molecule has 0 saturated carbocycles. The molecule has 0 radical (unpaired) electrons. The summed E-state index contributed by atoms with van der Waals surface area (Å²) >= 11 is 11.9. The predicted molar refractivity (Wildman–Crippen MR) is 117 cm³/mol. The maximum Gasteiger partial charge on any atom is 0.365 e. The lowest BCUT2D eigenvalue weighted by Crippen LogP contribution is -2.15. The van der Waals surface area contributed by atoms with Gasteiger partial charge in [-0.05, 0) is 49.7 Å². The predicted octanol–water partition coefficient (Wildman–Crippen LogP) is 4.24. The minimum atomic E-state index is -0.707. The zero-order valence-electron chi connectivity index (χ0n) is 16.5. The minimum absolute atomic E-state index is 0.00330. The van der Waals surface area contributed by atoms with Gasteiger partial charge in [-0.15, -0.1) is 0 Å². The van der Waals surface area contributed by atoms with Gasteiger partial charge in [0.05, 0.1) is 22.1 Å². The van der Waals surface area contributed by atoms with E-state index in [1.165, 1.54) is 6.07 Å². The SMILES string of the molecule is Cc1nn(Cc2ccc(C(=O)O/N=C(\N)c3ccc(Cl)cc3Cl)cc2)c(C)c1[N+](=O)[O-]. The standard InChI is InChI=1S/C20H17Cl2N5O4/c1-11-18(27(29)30)12(2)26(24-11)10-13-3-5-14(6-4-13)20(28)31-25-19(23)16-8-7-15(21)9-17(16)22/h3-9H,10H2,1-2H3,(H2,23,25). The van der Waals surface area contributed by atoms with E-state index < -0.39 is 10.9 Å². The van der Waals surface area contributed by atoms with Crippen LogP contribution in [0.15, 0.2) is 47.6 Å². The van der Waals surface area contributed by atoms with Gasteiger partial charge < -0.3 is 10.6 Å². The molecule has 0 bridgehead atoms. The van der Waals surface area contributed by atoms with Crippen molar-refractivity contribution >= 4 is 40.7 Å². The first-order valence-corrected chi connectivity index (χ1v) is 9.70. The third-order valence-corrected chi connectivity index (χ3v) is 5.03. The number of amidine groups is 1. The number of benzene rings is 2. The van der Waals surface area contributed by atoms with Gasteiger partial charge in [0.2, 0.25) is 0 Å². The first kappa shape index (κ1) is 22.3. The van der Waals surface area contributed by atoms with Crippen LogP contribution in [0, 0.1) is 24.0 Å². The second kappa shape index (κ2) is 9.15. The fraction of sp³-hybridized carbons (Fsp3) is 0.150. The number of nitro groups is 1. The summed E-state index contributed by atoms with van der Waals surface area (Å²) in [5, 5.41) is 19.7. The van der Waals surface area contributed by atoms with Crippen LogP contribution in [-0.2, 0) is 11.4 Å². The summed E-state index contributed by atoms with van der Waals surface area (Å²) in [6.07, 6.45) is 0. The molecule has 3 rings (SSSR count). The molecule has 0 amide bonds. The van der Waals surface area contributed by atoms with Crippen LogP contribution in [0.25, 0.3) is 0 Å². The van der Waals surface area contributed by atoms with E-state index in [0.717, 1.165) is 5.56 Å². The Bertz CT molecular complexity index is 1190. The molecule has 0 fully saturated rings. The lowest BCUT2D eigenvalue weighted by atomic mass is 10.1. The monoisotopic (exact) mass is 461 g/mol. The summed E-state index contributed by atoms with van der Waals surface area (Å²) in [7, 11) is 0. The Morgan fingerprint density at radius 3 is 2.48 bits per heavy atom. The van der Waals surface area contributed by atoms with Crippen molar-refractivity contribution in [3.63, 3.8) is 0 Å². The van der Waals surface area contributed by atoms with Gasteiger partial charge in [0.15, 0.2) is 5.84 Å². The Kier molecular flexibility index (Phi) is 6.57. The van der Waals surface area contributed by atoms with Crippen molar-refractivity contribution in [2.45, 2.75) is 20.4 Å². The van der Waals surface area contributed by atoms with Crippen LogP contribution in [0.3, 0.4) is 0 Å². The molecule has 0 aliphatic heterocycles. The molecule has 1 heterocycles. The van der Waals surface area contributed by atoms with E-state index in [9.17, 15) is 14.9 Å². The smallest absolute Gasteiger partial charge is 0.365 e. The number of nitrogens with zero attached hydrogens (tertiary/aromatic N) is 4. The molecule has 9 nitrogen and oxygen atoms in total. The zero-order chi connectivity index (χ0) is 22.7. The molecule has 2 N–H and O–H groups in total. The molecule has 31 heavy (non-hydrogen) atoms. The molecule has 0 aliphatic carbocycles. The van der Waals surface area contributed by atoms with Gasteiger partial charge in [-0.1, -0.05) is 40.5 Å². The molecule has 0 spiro atoms. The summed E-state index contributed by atoms with van der Waals surface area (Å²) in [5.41, 5.74) is 8.05. The van der Waals surface area contributed by atoms with Crippen molar-refractivity contribution in [2.24, 2.45) is 10.9 Å². The molecule has 0 atom stereocenters. The van der Waals surface area contributed by atoms with Crippen molar-refractivity contribution in [1.82, 2.24) is 9.78 Å². The largest absolute Gasteiger partial charge is 0.380 e. The molecule has 11 heteroatoms. The Hall–Kier alpha value is -3.43. The van der Waals surface area contributed by atoms with Crippen LogP contribution >= 0.6 is 23.2 Å². The van der Waals surface area contributed by atoms with Gasteiger partial charge >= 0.3 is 11.7 Å². The Morgan fingerprint density at radius 2 is 1.90 bits per heavy atom. The van der Waals surface area contributed by atoms with E-state index in [-0.39, 0.29) is 22.1 Å². The lowest BCUT2D eigenvalue weighted by molar-refractivity contribution is -0.386. The number of aromatic nitrogens is 2. The van der Waals surface area contributed by atoms with Crippen LogP contribution < -0.4 is 5.73 Å². The van der Waals surface area contributed by atoms with Gasteiger partial charge in [0.25, 0.3) is 0 Å². The van der Waals surface area contributed by atoms with Gasteiger partial charge in [0, 0.05) is 10.6 Å². The number of hydrogen-bond acceptors (Lipinski definition) is 6. The molecular formula is C20H17Cl2N5O4. The summed E-state index contributed by atoms with van der Waals surface area (Å²) in [6, 6.07) is 11.2. The van der Waals surface area contributed by atoms with Crippen molar-refractivity contribution in [2.75, 3.05) is 0 Å². The molecule has 160 valence electrons. The summed E-state index contributed by atoms with van der Waals surface area (Å²) in [5.74, 6) is -0.779. The average molecular weight is 462 g/mol. The topological polar surface area (TPSA) is 126 Å². The van der Waals surface area contributed by atoms with Crippen molar-refractivity contribution in [3.8, 4) is 0 Å². The highest BCUT2D eigenvalue weighted by molar-refractivity contribution is 6.36. The first-order valence-electron chi connectivity index (χ1n) is 8.95. The summed E-state index contributed by atoms with van der Waals surface area (Å²) in [6.45, 7) is 3.54. The van der Waals surface area contributed by atoms with Gasteiger partial charge in [-0.3, -0.25) is 14.8 Å². The normalized spacial score (nSPS) is 11.4. The number of oxime groups is 1. The van der Waals surface area contributed by atoms with E-state index in [0.29, 0.717) is 28.5 Å². The van der Waals surface area contributed by atoms with Gasteiger partial charge in [-0.25, -0.2) is 4.79 Å². The molecular weight excluding hydrogens is 445 g/mol. The van der Waals surface area contributed by atoms with Gasteiger partial charge in [-0.2, -0.15) is 5.10 Å². The number of hydrogen-bond donors (Lipinski definition) is 1. The third kappa shape index (κ3) is 5.01. The van der Waals surface area contributed by atoms with E-state index in [2.05, 4.69) is 10.3 Å². The summed E-state index contributed by atoms with van der Waals surface area (Å²) < 4.78 is 1.54. The van der Waals surface area contributed by atoms with Crippen molar-refractivity contribution < 1.29 is 14.6 Å². The second-order valence-corrected chi connectivity index (χ2v) is 7.45. The molecule has 1 aromatic heterocycles. The van der Waals surface area contributed by atoms with Crippen molar-refractivity contribution in [3.05, 3.63) is 90.7 Å². The van der Waals surface area contributed by atoms with Crippen molar-refractivity contribution in [1.29, 1.82) is 0 Å². The molecule has 2 aromatic carbocycles. The number of aryl methyl sites for hydroxylation is 1. The average Bonchev–Trinajstić information content (AvgIpc) is 2.99. The Morgan fingerprint density at radius 1 is 1.23 bits per heavy atom. The fourth-order valence-corrected chi connectivity index (χ4v) is 3.42. The fourth-order valence-electron chi connectivity index (χ4n) is 2.91. The van der Waals surface area contributed by atoms with Gasteiger partial charge in [0.1, 0.15) is 11.4 Å². The Balaban J connectivity index is 1.69. The molecule has 0 unspecified atom stereocenters. The van der Waals surface area contributed by atoms with Crippen LogP contribution in [0.4, 0.5) is 5.69 Å². The van der Waals surface area contributed by atoms with Crippen LogP contribution in [-0.4, -0.2) is 26.5 Å². The maximum atomic E-state index is 12.2. The lowest BCUT2D eigenvalue weighted by Gasteiger charge is -2.06. The number of nitrogens with two attached hydrogens (primary N) is 1. The number of carbonyl (C=O) groups excluding carboxylic acids is 1. The van der Waals surface area contributed by atoms with Crippen LogP contribution in [0.1, 0.15) is 32.9 Å². The number of carbonyl (C=O) groups is 1.